The van der Waals surface area contributed by atoms with Crippen LogP contribution in [0.5, 0.6) is 0 Å². The quantitative estimate of drug-likeness (QED) is 0.537. The molecule has 1 fully saturated rings. The maximum atomic E-state index is 11.3. The number of thioether (sulfide) groups is 1. The fraction of sp³-hybridized carbons (Fsp3) is 0.500. The Bertz CT molecular complexity index is 239. The first-order chi connectivity index (χ1) is 6.15. The third kappa shape index (κ3) is 2.74. The molecule has 5 heteroatoms. The molecule has 1 heterocycles. The molecule has 0 aromatic rings. The summed E-state index contributed by atoms with van der Waals surface area (Å²) in [6.45, 7) is 3.91. The van der Waals surface area contributed by atoms with Crippen molar-refractivity contribution in [3.05, 3.63) is 12.2 Å². The van der Waals surface area contributed by atoms with Gasteiger partial charge in [0.2, 0.25) is 5.91 Å². The number of halogens is 1. The van der Waals surface area contributed by atoms with E-state index >= 15 is 0 Å². The minimum absolute atomic E-state index is 0.130. The Labute approximate surface area is 86.1 Å². The molecule has 0 radical (unpaired) electrons. The van der Waals surface area contributed by atoms with Crippen molar-refractivity contribution in [2.45, 2.75) is 6.42 Å². The highest BCUT2D eigenvalue weighted by molar-refractivity contribution is 8.13. The minimum atomic E-state index is -0.192. The second-order valence-corrected chi connectivity index (χ2v) is 4.04. The summed E-state index contributed by atoms with van der Waals surface area (Å²) in [6, 6.07) is 0. The van der Waals surface area contributed by atoms with Crippen LogP contribution in [0.1, 0.15) is 6.42 Å². The van der Waals surface area contributed by atoms with Crippen LogP contribution in [0.25, 0.3) is 0 Å². The molecule has 1 saturated heterocycles. The molecule has 0 atom stereocenters. The fourth-order valence-corrected chi connectivity index (χ4v) is 1.82. The minimum Gasteiger partial charge on any atom is -0.274 e. The smallest absolute Gasteiger partial charge is 0.274 e. The molecule has 0 aliphatic carbocycles. The summed E-state index contributed by atoms with van der Waals surface area (Å²) in [5, 5.41) is -0.192. The van der Waals surface area contributed by atoms with Crippen molar-refractivity contribution in [1.82, 2.24) is 4.90 Å². The normalized spacial score (nSPS) is 17.8. The standard InChI is InChI=1S/C8H10ClNO2S/c1-6(4-9)5-10-7(11)2-3-13-8(10)12/h1-5H2. The number of amides is 2. The van der Waals surface area contributed by atoms with Gasteiger partial charge in [-0.05, 0) is 5.57 Å². The Hall–Kier alpha value is -0.480. The first-order valence-electron chi connectivity index (χ1n) is 3.85. The van der Waals surface area contributed by atoms with Gasteiger partial charge in [0.25, 0.3) is 5.24 Å². The SMILES string of the molecule is C=C(CCl)CN1C(=O)CCSC1=O. The van der Waals surface area contributed by atoms with Crippen molar-refractivity contribution in [3.63, 3.8) is 0 Å². The van der Waals surface area contributed by atoms with Crippen molar-refractivity contribution in [2.75, 3.05) is 18.2 Å². The van der Waals surface area contributed by atoms with E-state index in [4.69, 9.17) is 11.6 Å². The Kier molecular flexibility index (Phi) is 3.81. The molecule has 3 nitrogen and oxygen atoms in total. The molecule has 1 aliphatic heterocycles. The Morgan fingerprint density at radius 1 is 1.62 bits per heavy atom. The van der Waals surface area contributed by atoms with Crippen LogP contribution in [0, 0.1) is 0 Å². The van der Waals surface area contributed by atoms with Crippen LogP contribution >= 0.6 is 23.4 Å². The molecule has 0 saturated carbocycles. The number of nitrogens with zero attached hydrogens (tertiary/aromatic N) is 1. The number of hydrogen-bond acceptors (Lipinski definition) is 3. The molecule has 0 N–H and O–H groups in total. The molecular formula is C8H10ClNO2S. The average molecular weight is 220 g/mol. The van der Waals surface area contributed by atoms with Crippen molar-refractivity contribution in [3.8, 4) is 0 Å². The fourth-order valence-electron chi connectivity index (χ4n) is 0.959. The van der Waals surface area contributed by atoms with E-state index in [9.17, 15) is 9.59 Å². The van der Waals surface area contributed by atoms with Crippen molar-refractivity contribution in [2.24, 2.45) is 0 Å². The summed E-state index contributed by atoms with van der Waals surface area (Å²) in [5.74, 6) is 0.735. The van der Waals surface area contributed by atoms with Gasteiger partial charge in [0.1, 0.15) is 0 Å². The van der Waals surface area contributed by atoms with Gasteiger partial charge in [-0.3, -0.25) is 14.5 Å². The topological polar surface area (TPSA) is 37.4 Å². The molecule has 72 valence electrons. The molecule has 1 rings (SSSR count). The first-order valence-corrected chi connectivity index (χ1v) is 5.37. The highest BCUT2D eigenvalue weighted by atomic mass is 35.5. The first kappa shape index (κ1) is 10.6. The maximum absolute atomic E-state index is 11.3. The molecule has 2 amide bonds. The highest BCUT2D eigenvalue weighted by Crippen LogP contribution is 2.19. The van der Waals surface area contributed by atoms with Crippen LogP contribution in [0.3, 0.4) is 0 Å². The van der Waals surface area contributed by atoms with Crippen LogP contribution in [0.2, 0.25) is 0 Å². The number of carbonyl (C=O) groups is 2. The number of hydrogen-bond donors (Lipinski definition) is 0. The summed E-state index contributed by atoms with van der Waals surface area (Å²) in [5.41, 5.74) is 0.686. The van der Waals surface area contributed by atoms with E-state index < -0.39 is 0 Å². The zero-order valence-corrected chi connectivity index (χ0v) is 8.66. The lowest BCUT2D eigenvalue weighted by molar-refractivity contribution is -0.127. The van der Waals surface area contributed by atoms with Gasteiger partial charge in [0.05, 0.1) is 6.54 Å². The van der Waals surface area contributed by atoms with Crippen LogP contribution in [0.4, 0.5) is 4.79 Å². The summed E-state index contributed by atoms with van der Waals surface area (Å²) in [6.07, 6.45) is 0.423. The van der Waals surface area contributed by atoms with Gasteiger partial charge in [-0.25, -0.2) is 0 Å². The third-order valence-corrected chi connectivity index (χ3v) is 2.89. The third-order valence-electron chi connectivity index (χ3n) is 1.63. The molecule has 0 spiro atoms. The van der Waals surface area contributed by atoms with Gasteiger partial charge < -0.3 is 0 Å². The van der Waals surface area contributed by atoms with Gasteiger partial charge >= 0.3 is 0 Å². The second kappa shape index (κ2) is 4.67. The molecule has 1 aliphatic rings. The average Bonchev–Trinajstić information content (AvgIpc) is 2.11. The van der Waals surface area contributed by atoms with Crippen molar-refractivity contribution < 1.29 is 9.59 Å². The van der Waals surface area contributed by atoms with Crippen LogP contribution < -0.4 is 0 Å². The number of alkyl halides is 1. The van der Waals surface area contributed by atoms with E-state index in [1.54, 1.807) is 0 Å². The van der Waals surface area contributed by atoms with Crippen LogP contribution in [-0.4, -0.2) is 34.2 Å². The lowest BCUT2D eigenvalue weighted by Gasteiger charge is -2.24. The van der Waals surface area contributed by atoms with E-state index in [1.807, 2.05) is 0 Å². The highest BCUT2D eigenvalue weighted by Gasteiger charge is 2.26. The summed E-state index contributed by atoms with van der Waals surface area (Å²) in [7, 11) is 0. The second-order valence-electron chi connectivity index (χ2n) is 2.73. The van der Waals surface area contributed by atoms with Gasteiger partial charge in [-0.2, -0.15) is 0 Å². The summed E-state index contributed by atoms with van der Waals surface area (Å²) < 4.78 is 0. The lowest BCUT2D eigenvalue weighted by Crippen LogP contribution is -2.39. The van der Waals surface area contributed by atoms with E-state index in [1.165, 1.54) is 4.90 Å². The molecule has 0 aromatic heterocycles. The van der Waals surface area contributed by atoms with Crippen molar-refractivity contribution >= 4 is 34.5 Å². The maximum Gasteiger partial charge on any atom is 0.288 e. The van der Waals surface area contributed by atoms with Crippen LogP contribution in [-0.2, 0) is 4.79 Å². The summed E-state index contributed by atoms with van der Waals surface area (Å²) >= 11 is 6.68. The Morgan fingerprint density at radius 2 is 2.31 bits per heavy atom. The lowest BCUT2D eigenvalue weighted by atomic mass is 10.3. The molecule has 13 heavy (non-hydrogen) atoms. The van der Waals surface area contributed by atoms with Gasteiger partial charge in [0, 0.05) is 18.1 Å². The molecule has 0 bridgehead atoms. The predicted octanol–water partition coefficient (Wildman–Crippen LogP) is 1.87. The Balaban J connectivity index is 2.59. The largest absolute Gasteiger partial charge is 0.288 e. The van der Waals surface area contributed by atoms with Gasteiger partial charge in [-0.15, -0.1) is 11.6 Å². The molecular weight excluding hydrogens is 210 g/mol. The van der Waals surface area contributed by atoms with E-state index in [0.29, 0.717) is 17.7 Å². The zero-order valence-electron chi connectivity index (χ0n) is 7.09. The Morgan fingerprint density at radius 3 is 2.85 bits per heavy atom. The van der Waals surface area contributed by atoms with E-state index in [2.05, 4.69) is 6.58 Å². The van der Waals surface area contributed by atoms with Crippen LogP contribution in [0.15, 0.2) is 12.2 Å². The van der Waals surface area contributed by atoms with E-state index in [-0.39, 0.29) is 23.6 Å². The molecule has 0 aromatic carbocycles. The number of rotatable bonds is 3. The number of carbonyl (C=O) groups excluding carboxylic acids is 2. The van der Waals surface area contributed by atoms with Gasteiger partial charge in [-0.1, -0.05) is 18.3 Å². The zero-order chi connectivity index (χ0) is 9.84. The summed E-state index contributed by atoms with van der Waals surface area (Å²) in [4.78, 5) is 23.7. The van der Waals surface area contributed by atoms with E-state index in [0.717, 1.165) is 11.8 Å². The predicted molar refractivity (Wildman–Crippen MR) is 54.0 cm³/mol. The van der Waals surface area contributed by atoms with Gasteiger partial charge in [0.15, 0.2) is 0 Å². The van der Waals surface area contributed by atoms with Crippen molar-refractivity contribution in [1.29, 1.82) is 0 Å². The number of imide groups is 1. The monoisotopic (exact) mass is 219 g/mol. The molecule has 0 unspecified atom stereocenters.